The Kier molecular flexibility index (Phi) is 3.97. The van der Waals surface area contributed by atoms with Crippen molar-refractivity contribution in [3.63, 3.8) is 0 Å². The summed E-state index contributed by atoms with van der Waals surface area (Å²) in [6, 6.07) is 1.82. The normalized spacial score (nSPS) is 10.1. The lowest BCUT2D eigenvalue weighted by atomic mass is 10.1. The molecule has 0 amide bonds. The van der Waals surface area contributed by atoms with E-state index < -0.39 is 6.43 Å². The summed E-state index contributed by atoms with van der Waals surface area (Å²) in [5, 5.41) is 8.55. The summed E-state index contributed by atoms with van der Waals surface area (Å²) < 4.78 is 30.3. The first kappa shape index (κ1) is 11.9. The highest BCUT2D eigenvalue weighted by atomic mass is 79.9. The maximum atomic E-state index is 12.7. The second-order valence-electron chi connectivity index (χ2n) is 2.65. The van der Waals surface area contributed by atoms with Gasteiger partial charge in [0.05, 0.1) is 31.4 Å². The lowest BCUT2D eigenvalue weighted by molar-refractivity contribution is 0.148. The fraction of sp³-hybridized carbons (Fsp3) is 0.333. The number of rotatable bonds is 3. The number of halogens is 3. The number of hydrogen-bond acceptors (Lipinski definition) is 3. The molecule has 0 bridgehead atoms. The Morgan fingerprint density at radius 1 is 1.67 bits per heavy atom. The Bertz CT molecular complexity index is 404. The van der Waals surface area contributed by atoms with Crippen LogP contribution in [0.25, 0.3) is 0 Å². The molecule has 1 aromatic rings. The van der Waals surface area contributed by atoms with E-state index in [2.05, 4.69) is 20.9 Å². The molecule has 0 N–H and O–H groups in total. The van der Waals surface area contributed by atoms with Gasteiger partial charge in [-0.3, -0.25) is 0 Å². The maximum Gasteiger partial charge on any atom is 0.266 e. The molecule has 0 aliphatic carbocycles. The summed E-state index contributed by atoms with van der Waals surface area (Å²) >= 11 is 2.92. The quantitative estimate of drug-likeness (QED) is 0.798. The van der Waals surface area contributed by atoms with Crippen molar-refractivity contribution < 1.29 is 13.5 Å². The van der Waals surface area contributed by atoms with Gasteiger partial charge in [0, 0.05) is 5.56 Å². The Hall–Kier alpha value is -1.22. The summed E-state index contributed by atoms with van der Waals surface area (Å²) in [6.07, 6.45) is -1.52. The number of nitrogens with zero attached hydrogens (tertiary/aromatic N) is 2. The molecular formula is C9H7BrF2N2O. The molecule has 1 aromatic heterocycles. The SMILES string of the molecule is COc1cnc(Br)c(C(F)F)c1CC#N. The number of nitriles is 1. The fourth-order valence-electron chi connectivity index (χ4n) is 1.18. The first-order chi connectivity index (χ1) is 7.11. The minimum atomic E-state index is -2.69. The number of hydrogen-bond donors (Lipinski definition) is 0. The van der Waals surface area contributed by atoms with E-state index in [1.165, 1.54) is 13.3 Å². The van der Waals surface area contributed by atoms with Gasteiger partial charge in [0.15, 0.2) is 0 Å². The fourth-order valence-corrected chi connectivity index (χ4v) is 1.69. The van der Waals surface area contributed by atoms with Crippen molar-refractivity contribution in [2.45, 2.75) is 12.8 Å². The van der Waals surface area contributed by atoms with Gasteiger partial charge < -0.3 is 4.74 Å². The minimum Gasteiger partial charge on any atom is -0.495 e. The van der Waals surface area contributed by atoms with Crippen LogP contribution in [-0.2, 0) is 6.42 Å². The minimum absolute atomic E-state index is 0.0450. The third-order valence-electron chi connectivity index (χ3n) is 1.83. The van der Waals surface area contributed by atoms with Crippen molar-refractivity contribution in [3.05, 3.63) is 21.9 Å². The van der Waals surface area contributed by atoms with Gasteiger partial charge in [-0.1, -0.05) is 0 Å². The average Bonchev–Trinajstić information content (AvgIpc) is 2.18. The number of aromatic nitrogens is 1. The van der Waals surface area contributed by atoms with Crippen LogP contribution in [0.2, 0.25) is 0 Å². The van der Waals surface area contributed by atoms with E-state index in [1.807, 2.05) is 6.07 Å². The molecule has 0 atom stereocenters. The highest BCUT2D eigenvalue weighted by Gasteiger charge is 2.21. The van der Waals surface area contributed by atoms with Crippen LogP contribution in [0.15, 0.2) is 10.8 Å². The van der Waals surface area contributed by atoms with Crippen molar-refractivity contribution in [1.29, 1.82) is 5.26 Å². The van der Waals surface area contributed by atoms with Crippen LogP contribution in [0.5, 0.6) is 5.75 Å². The van der Waals surface area contributed by atoms with Crippen LogP contribution < -0.4 is 4.74 Å². The van der Waals surface area contributed by atoms with Crippen LogP contribution in [0, 0.1) is 11.3 Å². The van der Waals surface area contributed by atoms with E-state index >= 15 is 0 Å². The summed E-state index contributed by atoms with van der Waals surface area (Å²) in [7, 11) is 1.35. The molecule has 0 saturated carbocycles. The third-order valence-corrected chi connectivity index (χ3v) is 2.47. The van der Waals surface area contributed by atoms with E-state index in [-0.39, 0.29) is 27.9 Å². The van der Waals surface area contributed by atoms with E-state index in [9.17, 15) is 8.78 Å². The first-order valence-corrected chi connectivity index (χ1v) is 4.77. The molecule has 0 aromatic carbocycles. The summed E-state index contributed by atoms with van der Waals surface area (Å²) in [5.74, 6) is 0.204. The van der Waals surface area contributed by atoms with Crippen molar-refractivity contribution in [2.24, 2.45) is 0 Å². The highest BCUT2D eigenvalue weighted by molar-refractivity contribution is 9.10. The zero-order chi connectivity index (χ0) is 11.4. The summed E-state index contributed by atoms with van der Waals surface area (Å²) in [5.41, 5.74) is -0.104. The second kappa shape index (κ2) is 5.03. The molecule has 0 radical (unpaired) electrons. The number of alkyl halides is 2. The summed E-state index contributed by atoms with van der Waals surface area (Å²) in [4.78, 5) is 3.72. The average molecular weight is 277 g/mol. The van der Waals surface area contributed by atoms with E-state index in [0.29, 0.717) is 0 Å². The lowest BCUT2D eigenvalue weighted by Crippen LogP contribution is -2.01. The Morgan fingerprint density at radius 3 is 2.80 bits per heavy atom. The van der Waals surface area contributed by atoms with Crippen LogP contribution in [-0.4, -0.2) is 12.1 Å². The zero-order valence-corrected chi connectivity index (χ0v) is 9.38. The van der Waals surface area contributed by atoms with E-state index in [0.717, 1.165) is 0 Å². The molecule has 1 rings (SSSR count). The zero-order valence-electron chi connectivity index (χ0n) is 7.80. The number of ether oxygens (including phenoxy) is 1. The van der Waals surface area contributed by atoms with E-state index in [1.54, 1.807) is 0 Å². The van der Waals surface area contributed by atoms with Gasteiger partial charge >= 0.3 is 0 Å². The largest absolute Gasteiger partial charge is 0.495 e. The monoisotopic (exact) mass is 276 g/mol. The Labute approximate surface area is 93.8 Å². The Balaban J connectivity index is 3.38. The smallest absolute Gasteiger partial charge is 0.266 e. The van der Waals surface area contributed by atoms with Crippen molar-refractivity contribution in [1.82, 2.24) is 4.98 Å². The number of methoxy groups -OCH3 is 1. The third kappa shape index (κ3) is 2.42. The van der Waals surface area contributed by atoms with Crippen molar-refractivity contribution >= 4 is 15.9 Å². The molecule has 1 heterocycles. The second-order valence-corrected chi connectivity index (χ2v) is 3.40. The van der Waals surface area contributed by atoms with Crippen LogP contribution in [0.1, 0.15) is 17.6 Å². The number of pyridine rings is 1. The molecule has 15 heavy (non-hydrogen) atoms. The van der Waals surface area contributed by atoms with Crippen LogP contribution in [0.4, 0.5) is 8.78 Å². The van der Waals surface area contributed by atoms with Crippen LogP contribution in [0.3, 0.4) is 0 Å². The highest BCUT2D eigenvalue weighted by Crippen LogP contribution is 2.34. The van der Waals surface area contributed by atoms with Gasteiger partial charge in [0.2, 0.25) is 0 Å². The molecule has 6 heteroatoms. The van der Waals surface area contributed by atoms with Crippen molar-refractivity contribution in [3.8, 4) is 11.8 Å². The molecule has 0 unspecified atom stereocenters. The van der Waals surface area contributed by atoms with Gasteiger partial charge in [-0.2, -0.15) is 5.26 Å². The molecule has 0 fully saturated rings. The molecule has 0 aliphatic rings. The Morgan fingerprint density at radius 2 is 2.33 bits per heavy atom. The van der Waals surface area contributed by atoms with Crippen molar-refractivity contribution in [2.75, 3.05) is 7.11 Å². The topological polar surface area (TPSA) is 45.9 Å². The van der Waals surface area contributed by atoms with Gasteiger partial charge in [-0.25, -0.2) is 13.8 Å². The predicted molar refractivity (Wildman–Crippen MR) is 52.8 cm³/mol. The lowest BCUT2D eigenvalue weighted by Gasteiger charge is -2.11. The molecule has 0 saturated heterocycles. The molecule has 3 nitrogen and oxygen atoms in total. The van der Waals surface area contributed by atoms with Gasteiger partial charge in [-0.15, -0.1) is 0 Å². The predicted octanol–water partition coefficient (Wildman–Crippen LogP) is 2.86. The van der Waals surface area contributed by atoms with Gasteiger partial charge in [0.1, 0.15) is 10.4 Å². The first-order valence-electron chi connectivity index (χ1n) is 3.98. The molecular weight excluding hydrogens is 270 g/mol. The van der Waals surface area contributed by atoms with E-state index in [4.69, 9.17) is 10.00 Å². The molecule has 0 aliphatic heterocycles. The van der Waals surface area contributed by atoms with Crippen LogP contribution >= 0.6 is 15.9 Å². The van der Waals surface area contributed by atoms with Gasteiger partial charge in [-0.05, 0) is 15.9 Å². The van der Waals surface area contributed by atoms with Gasteiger partial charge in [0.25, 0.3) is 6.43 Å². The maximum absolute atomic E-state index is 12.7. The standard InChI is InChI=1S/C9H7BrF2N2O/c1-15-6-4-14-8(10)7(9(11)12)5(6)2-3-13/h4,9H,2H2,1H3. The molecule has 0 spiro atoms. The summed E-state index contributed by atoms with van der Waals surface area (Å²) in [6.45, 7) is 0. The molecule has 80 valence electrons.